The van der Waals surface area contributed by atoms with Crippen LogP contribution in [-0.4, -0.2) is 48.3 Å². The highest BCUT2D eigenvalue weighted by Crippen LogP contribution is 2.35. The van der Waals surface area contributed by atoms with E-state index in [-0.39, 0.29) is 17.8 Å². The molecule has 0 aromatic carbocycles. The van der Waals surface area contributed by atoms with Gasteiger partial charge in [0.2, 0.25) is 10.0 Å². The van der Waals surface area contributed by atoms with Crippen molar-refractivity contribution in [3.8, 4) is 0 Å². The van der Waals surface area contributed by atoms with Crippen molar-refractivity contribution in [3.05, 3.63) is 17.2 Å². The maximum atomic E-state index is 12.4. The average Bonchev–Trinajstić information content (AvgIpc) is 3.24. The van der Waals surface area contributed by atoms with E-state index < -0.39 is 10.0 Å². The highest BCUT2D eigenvalue weighted by atomic mass is 32.2. The first kappa shape index (κ1) is 17.9. The van der Waals surface area contributed by atoms with Gasteiger partial charge in [-0.05, 0) is 18.8 Å². The number of imidazole rings is 1. The van der Waals surface area contributed by atoms with Crippen molar-refractivity contribution >= 4 is 10.0 Å². The number of sulfonamides is 1. The Hall–Kier alpha value is -0.920. The molecule has 0 amide bonds. The SMILES string of the molecule is COCCS(=O)(=O)N1CCc2c(nc(C(C)(C)C)n2CC2CC2)C1. The lowest BCUT2D eigenvalue weighted by Crippen LogP contribution is -2.38. The Morgan fingerprint density at radius 1 is 1.29 bits per heavy atom. The van der Waals surface area contributed by atoms with Gasteiger partial charge in [-0.2, -0.15) is 4.31 Å². The molecule has 0 spiro atoms. The quantitative estimate of drug-likeness (QED) is 0.782. The summed E-state index contributed by atoms with van der Waals surface area (Å²) in [4.78, 5) is 4.87. The fraction of sp³-hybridized carbons (Fsp3) is 0.824. The van der Waals surface area contributed by atoms with Gasteiger partial charge in [0.15, 0.2) is 0 Å². The van der Waals surface area contributed by atoms with E-state index in [1.54, 1.807) is 4.31 Å². The zero-order chi connectivity index (χ0) is 17.5. The summed E-state index contributed by atoms with van der Waals surface area (Å²) in [6.45, 7) is 8.73. The fourth-order valence-electron chi connectivity index (χ4n) is 3.30. The first-order valence-electron chi connectivity index (χ1n) is 8.78. The second-order valence-electron chi connectivity index (χ2n) is 8.03. The molecular weight excluding hydrogens is 326 g/mol. The van der Waals surface area contributed by atoms with Gasteiger partial charge >= 0.3 is 0 Å². The van der Waals surface area contributed by atoms with Gasteiger partial charge in [0.1, 0.15) is 5.82 Å². The molecule has 2 aliphatic rings. The number of ether oxygens (including phenoxy) is 1. The summed E-state index contributed by atoms with van der Waals surface area (Å²) >= 11 is 0. The summed E-state index contributed by atoms with van der Waals surface area (Å²) in [5, 5.41) is 0. The van der Waals surface area contributed by atoms with Crippen LogP contribution in [0.4, 0.5) is 0 Å². The van der Waals surface area contributed by atoms with E-state index in [0.717, 1.165) is 30.4 Å². The lowest BCUT2D eigenvalue weighted by molar-refractivity contribution is 0.215. The molecule has 0 saturated heterocycles. The number of rotatable bonds is 6. The third kappa shape index (κ3) is 3.68. The average molecular weight is 356 g/mol. The zero-order valence-electron chi connectivity index (χ0n) is 15.2. The third-order valence-corrected chi connectivity index (χ3v) is 6.61. The van der Waals surface area contributed by atoms with E-state index in [9.17, 15) is 8.42 Å². The van der Waals surface area contributed by atoms with Crippen LogP contribution in [0.3, 0.4) is 0 Å². The van der Waals surface area contributed by atoms with Crippen molar-refractivity contribution in [2.45, 2.75) is 58.5 Å². The van der Waals surface area contributed by atoms with Gasteiger partial charge in [-0.3, -0.25) is 0 Å². The topological polar surface area (TPSA) is 64.4 Å². The van der Waals surface area contributed by atoms with Gasteiger partial charge in [-0.15, -0.1) is 0 Å². The van der Waals surface area contributed by atoms with Crippen LogP contribution >= 0.6 is 0 Å². The smallest absolute Gasteiger partial charge is 0.216 e. The van der Waals surface area contributed by atoms with Crippen LogP contribution in [0.25, 0.3) is 0 Å². The summed E-state index contributed by atoms with van der Waals surface area (Å²) < 4.78 is 33.8. The Balaban J connectivity index is 1.88. The number of hydrogen-bond acceptors (Lipinski definition) is 4. The molecule has 7 heteroatoms. The van der Waals surface area contributed by atoms with E-state index in [1.807, 2.05) is 0 Å². The van der Waals surface area contributed by atoms with Crippen LogP contribution < -0.4 is 0 Å². The molecule has 0 bridgehead atoms. The predicted octanol–water partition coefficient (Wildman–Crippen LogP) is 1.92. The van der Waals surface area contributed by atoms with Gasteiger partial charge in [0, 0.05) is 37.7 Å². The molecule has 0 N–H and O–H groups in total. The van der Waals surface area contributed by atoms with Crippen LogP contribution in [0.15, 0.2) is 0 Å². The van der Waals surface area contributed by atoms with Gasteiger partial charge in [0.05, 0.1) is 24.6 Å². The molecule has 1 aromatic rings. The lowest BCUT2D eigenvalue weighted by atomic mass is 9.95. The summed E-state index contributed by atoms with van der Waals surface area (Å²) in [5.74, 6) is 1.90. The van der Waals surface area contributed by atoms with Gasteiger partial charge in [-0.25, -0.2) is 13.4 Å². The first-order valence-corrected chi connectivity index (χ1v) is 10.4. The molecule has 0 unspecified atom stereocenters. The maximum absolute atomic E-state index is 12.4. The summed E-state index contributed by atoms with van der Waals surface area (Å²) in [6, 6.07) is 0. The Morgan fingerprint density at radius 3 is 2.58 bits per heavy atom. The van der Waals surface area contributed by atoms with E-state index in [2.05, 4.69) is 25.3 Å². The monoisotopic (exact) mass is 355 g/mol. The minimum Gasteiger partial charge on any atom is -0.384 e. The minimum atomic E-state index is -3.28. The molecule has 0 radical (unpaired) electrons. The highest BCUT2D eigenvalue weighted by molar-refractivity contribution is 7.89. The van der Waals surface area contributed by atoms with Crippen LogP contribution in [-0.2, 0) is 39.7 Å². The fourth-order valence-corrected chi connectivity index (χ4v) is 4.63. The number of methoxy groups -OCH3 is 1. The van der Waals surface area contributed by atoms with Gasteiger partial charge in [-0.1, -0.05) is 20.8 Å². The van der Waals surface area contributed by atoms with Crippen LogP contribution in [0, 0.1) is 5.92 Å². The molecule has 24 heavy (non-hydrogen) atoms. The Labute approximate surface area is 145 Å². The zero-order valence-corrected chi connectivity index (χ0v) is 16.0. The predicted molar refractivity (Wildman–Crippen MR) is 93.4 cm³/mol. The van der Waals surface area contributed by atoms with Crippen LogP contribution in [0.5, 0.6) is 0 Å². The van der Waals surface area contributed by atoms with E-state index in [1.165, 1.54) is 25.6 Å². The highest BCUT2D eigenvalue weighted by Gasteiger charge is 2.34. The van der Waals surface area contributed by atoms with E-state index in [0.29, 0.717) is 13.1 Å². The Kier molecular flexibility index (Phi) is 4.79. The van der Waals surface area contributed by atoms with Gasteiger partial charge < -0.3 is 9.30 Å². The van der Waals surface area contributed by atoms with Gasteiger partial charge in [0.25, 0.3) is 0 Å². The van der Waals surface area contributed by atoms with Crippen molar-refractivity contribution in [2.75, 3.05) is 26.0 Å². The number of nitrogens with zero attached hydrogens (tertiary/aromatic N) is 3. The van der Waals surface area contributed by atoms with Crippen LogP contribution in [0.1, 0.15) is 50.8 Å². The molecule has 3 rings (SSSR count). The molecule has 6 nitrogen and oxygen atoms in total. The van der Waals surface area contributed by atoms with Crippen molar-refractivity contribution in [1.29, 1.82) is 0 Å². The van der Waals surface area contributed by atoms with Crippen molar-refractivity contribution < 1.29 is 13.2 Å². The normalized spacial score (nSPS) is 19.5. The molecule has 1 saturated carbocycles. The molecule has 1 aliphatic heterocycles. The molecule has 1 fully saturated rings. The molecule has 136 valence electrons. The minimum absolute atomic E-state index is 0.0355. The van der Waals surface area contributed by atoms with Crippen molar-refractivity contribution in [2.24, 2.45) is 5.92 Å². The van der Waals surface area contributed by atoms with E-state index >= 15 is 0 Å². The molecule has 1 aliphatic carbocycles. The number of aromatic nitrogens is 2. The molecule has 1 aromatic heterocycles. The Bertz CT molecular complexity index is 699. The second-order valence-corrected chi connectivity index (χ2v) is 10.1. The third-order valence-electron chi connectivity index (χ3n) is 4.83. The summed E-state index contributed by atoms with van der Waals surface area (Å²) in [7, 11) is -1.75. The number of hydrogen-bond donors (Lipinski definition) is 0. The van der Waals surface area contributed by atoms with Crippen molar-refractivity contribution in [1.82, 2.24) is 13.9 Å². The molecule has 2 heterocycles. The second kappa shape index (κ2) is 6.42. The lowest BCUT2D eigenvalue weighted by Gasteiger charge is -2.27. The molecule has 0 atom stereocenters. The van der Waals surface area contributed by atoms with E-state index in [4.69, 9.17) is 9.72 Å². The molecular formula is C17H29N3O3S. The van der Waals surface area contributed by atoms with Crippen molar-refractivity contribution in [3.63, 3.8) is 0 Å². The number of fused-ring (bicyclic) bond motifs is 1. The standard InChI is InChI=1S/C17H29N3O3S/c1-17(2,3)16-18-14-12-19(24(21,22)10-9-23-4)8-7-15(14)20(16)11-13-5-6-13/h13H,5-12H2,1-4H3. The van der Waals surface area contributed by atoms with Crippen LogP contribution in [0.2, 0.25) is 0 Å². The maximum Gasteiger partial charge on any atom is 0.216 e. The Morgan fingerprint density at radius 2 is 2.00 bits per heavy atom. The summed E-state index contributed by atoms with van der Waals surface area (Å²) in [5.41, 5.74) is 2.14. The first-order chi connectivity index (χ1) is 11.2. The largest absolute Gasteiger partial charge is 0.384 e. The summed E-state index contributed by atoms with van der Waals surface area (Å²) in [6.07, 6.45) is 3.35.